The molecule has 0 aliphatic carbocycles. The van der Waals surface area contributed by atoms with Crippen molar-refractivity contribution < 1.29 is 17.6 Å². The van der Waals surface area contributed by atoms with Gasteiger partial charge in [0.05, 0.1) is 0 Å². The second kappa shape index (κ2) is 4.18. The minimum Gasteiger partial charge on any atom is -0.396 e. The van der Waals surface area contributed by atoms with E-state index in [2.05, 4.69) is 0 Å². The van der Waals surface area contributed by atoms with E-state index in [1.54, 1.807) is 19.0 Å². The molecule has 0 radical (unpaired) electrons. The maximum Gasteiger partial charge on any atom is 0.425 e. The Kier molecular flexibility index (Phi) is 4.05. The number of hydrogen-bond donors (Lipinski definition) is 0. The van der Waals surface area contributed by atoms with Crippen molar-refractivity contribution in [3.63, 3.8) is 0 Å². The molecule has 0 aromatic carbocycles. The van der Waals surface area contributed by atoms with E-state index in [0.29, 0.717) is 0 Å². The summed E-state index contributed by atoms with van der Waals surface area (Å²) in [6.45, 7) is 9.07. The zero-order chi connectivity index (χ0) is 12.5. The number of rotatable bonds is 2. The fourth-order valence-electron chi connectivity index (χ4n) is 0.667. The van der Waals surface area contributed by atoms with Crippen LogP contribution in [0, 0.1) is 12.3 Å². The molecule has 0 aliphatic rings. The second-order valence-corrected chi connectivity index (χ2v) is 9.72. The lowest BCUT2D eigenvalue weighted by atomic mass is 10.2. The van der Waals surface area contributed by atoms with Crippen LogP contribution in [0.5, 0.6) is 0 Å². The molecule has 0 fully saturated rings. The van der Waals surface area contributed by atoms with E-state index in [9.17, 15) is 13.2 Å². The van der Waals surface area contributed by atoms with E-state index < -0.39 is 20.6 Å². The highest BCUT2D eigenvalue weighted by Crippen LogP contribution is 2.39. The summed E-state index contributed by atoms with van der Waals surface area (Å²) in [4.78, 5) is 0. The molecule has 0 amide bonds. The average molecular weight is 238 g/mol. The molecule has 0 bridgehead atoms. The highest BCUT2D eigenvalue weighted by molar-refractivity contribution is 6.74. The summed E-state index contributed by atoms with van der Waals surface area (Å²) in [5.41, 5.74) is 0. The van der Waals surface area contributed by atoms with E-state index in [4.69, 9.17) is 10.8 Å². The lowest BCUT2D eigenvalue weighted by Gasteiger charge is -2.38. The molecule has 0 aromatic rings. The normalized spacial score (nSPS) is 15.9. The zero-order valence-electron chi connectivity index (χ0n) is 9.70. The van der Waals surface area contributed by atoms with Gasteiger partial charge in [-0.1, -0.05) is 26.7 Å². The summed E-state index contributed by atoms with van der Waals surface area (Å²) in [6, 6.07) is 0. The minimum atomic E-state index is -4.48. The van der Waals surface area contributed by atoms with Gasteiger partial charge >= 0.3 is 6.18 Å². The first-order valence-electron chi connectivity index (χ1n) is 4.62. The molecule has 0 saturated heterocycles. The van der Waals surface area contributed by atoms with Crippen molar-refractivity contribution in [2.75, 3.05) is 0 Å². The van der Waals surface area contributed by atoms with Crippen molar-refractivity contribution in [3.8, 4) is 12.3 Å². The Morgan fingerprint density at radius 3 is 1.80 bits per heavy atom. The molecule has 0 aromatic heterocycles. The Morgan fingerprint density at radius 1 is 1.20 bits per heavy atom. The molecule has 0 aliphatic heterocycles. The van der Waals surface area contributed by atoms with Gasteiger partial charge in [-0.05, 0) is 18.1 Å². The minimum absolute atomic E-state index is 0.284. The molecular formula is C10H17F3OSi. The summed E-state index contributed by atoms with van der Waals surface area (Å²) >= 11 is 0. The third-order valence-corrected chi connectivity index (χ3v) is 7.10. The predicted octanol–water partition coefficient (Wildman–Crippen LogP) is 3.57. The van der Waals surface area contributed by atoms with Crippen LogP contribution in [0.15, 0.2) is 0 Å². The lowest BCUT2D eigenvalue weighted by Crippen LogP contribution is -2.47. The van der Waals surface area contributed by atoms with Crippen LogP contribution >= 0.6 is 0 Å². The molecule has 0 saturated carbocycles. The highest BCUT2D eigenvalue weighted by atomic mass is 28.4. The standard InChI is InChI=1S/C10H17F3OSi/c1-7-8(10(11,12)13)14-15(5,6)9(2,3)4/h1,8H,2-6H3. The molecule has 0 rings (SSSR count). The maximum absolute atomic E-state index is 12.4. The molecule has 5 heteroatoms. The quantitative estimate of drug-likeness (QED) is 0.528. The van der Waals surface area contributed by atoms with E-state index in [1.807, 2.05) is 20.8 Å². The van der Waals surface area contributed by atoms with Gasteiger partial charge < -0.3 is 4.43 Å². The fraction of sp³-hybridized carbons (Fsp3) is 0.800. The van der Waals surface area contributed by atoms with Gasteiger partial charge in [0.25, 0.3) is 0 Å². The summed E-state index contributed by atoms with van der Waals surface area (Å²) in [5, 5.41) is -0.284. The Labute approximate surface area is 90.1 Å². The number of alkyl halides is 3. The van der Waals surface area contributed by atoms with E-state index in [1.165, 1.54) is 0 Å². The first-order chi connectivity index (χ1) is 6.42. The number of hydrogen-bond acceptors (Lipinski definition) is 1. The topological polar surface area (TPSA) is 9.23 Å². The van der Waals surface area contributed by atoms with Crippen LogP contribution in [0.3, 0.4) is 0 Å². The van der Waals surface area contributed by atoms with Crippen molar-refractivity contribution in [2.45, 2.75) is 51.2 Å². The van der Waals surface area contributed by atoms with Crippen LogP contribution in [0.25, 0.3) is 0 Å². The number of terminal acetylenes is 1. The molecule has 15 heavy (non-hydrogen) atoms. The van der Waals surface area contributed by atoms with Gasteiger partial charge in [0.15, 0.2) is 8.32 Å². The van der Waals surface area contributed by atoms with Gasteiger partial charge in [-0.15, -0.1) is 6.42 Å². The van der Waals surface area contributed by atoms with E-state index in [-0.39, 0.29) is 5.04 Å². The van der Waals surface area contributed by atoms with Gasteiger partial charge in [0.1, 0.15) is 0 Å². The zero-order valence-corrected chi connectivity index (χ0v) is 10.7. The molecule has 1 nitrogen and oxygen atoms in total. The average Bonchev–Trinajstić information content (AvgIpc) is 1.95. The van der Waals surface area contributed by atoms with Crippen LogP contribution < -0.4 is 0 Å². The van der Waals surface area contributed by atoms with Crippen LogP contribution in [-0.4, -0.2) is 20.6 Å². The van der Waals surface area contributed by atoms with Crippen molar-refractivity contribution in [2.24, 2.45) is 0 Å². The van der Waals surface area contributed by atoms with Crippen molar-refractivity contribution >= 4 is 8.32 Å². The Morgan fingerprint density at radius 2 is 1.60 bits per heavy atom. The highest BCUT2D eigenvalue weighted by Gasteiger charge is 2.47. The first-order valence-corrected chi connectivity index (χ1v) is 7.53. The predicted molar refractivity (Wildman–Crippen MR) is 57.0 cm³/mol. The van der Waals surface area contributed by atoms with Gasteiger partial charge in [0.2, 0.25) is 6.10 Å². The summed E-state index contributed by atoms with van der Waals surface area (Å²) in [6.07, 6.45) is -1.73. The number of halogens is 3. The van der Waals surface area contributed by atoms with Gasteiger partial charge in [-0.3, -0.25) is 0 Å². The smallest absolute Gasteiger partial charge is 0.396 e. The molecule has 0 heterocycles. The molecule has 1 unspecified atom stereocenters. The van der Waals surface area contributed by atoms with Crippen LogP contribution in [0.4, 0.5) is 13.2 Å². The van der Waals surface area contributed by atoms with E-state index in [0.717, 1.165) is 0 Å². The molecule has 1 atom stereocenters. The molecular weight excluding hydrogens is 221 g/mol. The largest absolute Gasteiger partial charge is 0.425 e. The summed E-state index contributed by atoms with van der Waals surface area (Å²) < 4.78 is 42.3. The Hall–Kier alpha value is -0.473. The van der Waals surface area contributed by atoms with Crippen molar-refractivity contribution in [3.05, 3.63) is 0 Å². The fourth-order valence-corrected chi connectivity index (χ4v) is 1.81. The molecule has 0 spiro atoms. The van der Waals surface area contributed by atoms with Crippen LogP contribution in [0.2, 0.25) is 18.1 Å². The van der Waals surface area contributed by atoms with Crippen molar-refractivity contribution in [1.29, 1.82) is 0 Å². The third kappa shape index (κ3) is 3.88. The Bertz CT molecular complexity index is 257. The molecule has 88 valence electrons. The summed E-state index contributed by atoms with van der Waals surface area (Å²) in [7, 11) is -2.46. The van der Waals surface area contributed by atoms with Gasteiger partial charge in [-0.25, -0.2) is 0 Å². The van der Waals surface area contributed by atoms with Crippen molar-refractivity contribution in [1.82, 2.24) is 0 Å². The second-order valence-electron chi connectivity index (χ2n) is 4.97. The van der Waals surface area contributed by atoms with Gasteiger partial charge in [0, 0.05) is 0 Å². The summed E-state index contributed by atoms with van der Waals surface area (Å²) in [5.74, 6) is 1.66. The van der Waals surface area contributed by atoms with Gasteiger partial charge in [-0.2, -0.15) is 13.2 Å². The SMILES string of the molecule is C#CC(O[Si](C)(C)C(C)(C)C)C(F)(F)F. The van der Waals surface area contributed by atoms with Crippen LogP contribution in [-0.2, 0) is 4.43 Å². The lowest BCUT2D eigenvalue weighted by molar-refractivity contribution is -0.180. The monoisotopic (exact) mass is 238 g/mol. The third-order valence-electron chi connectivity index (χ3n) is 2.67. The van der Waals surface area contributed by atoms with E-state index >= 15 is 0 Å². The van der Waals surface area contributed by atoms with Crippen LogP contribution in [0.1, 0.15) is 20.8 Å². The molecule has 0 N–H and O–H groups in total. The Balaban J connectivity index is 4.81. The maximum atomic E-state index is 12.4. The first kappa shape index (κ1) is 14.5.